The summed E-state index contributed by atoms with van der Waals surface area (Å²) in [6, 6.07) is 28.0. The van der Waals surface area contributed by atoms with Crippen molar-refractivity contribution in [1.29, 1.82) is 0 Å². The molecule has 4 aromatic rings. The van der Waals surface area contributed by atoms with Gasteiger partial charge < -0.3 is 4.98 Å². The van der Waals surface area contributed by atoms with Crippen molar-refractivity contribution in [3.8, 4) is 22.5 Å². The van der Waals surface area contributed by atoms with E-state index in [1.807, 2.05) is 0 Å². The number of hydrogen-bond acceptors (Lipinski definition) is 0. The van der Waals surface area contributed by atoms with E-state index in [1.54, 1.807) is 0 Å². The fraction of sp³-hybridized carbons (Fsp3) is 0.0476. The van der Waals surface area contributed by atoms with Crippen LogP contribution >= 0.6 is 0 Å². The van der Waals surface area contributed by atoms with Crippen LogP contribution in [0.25, 0.3) is 33.3 Å². The van der Waals surface area contributed by atoms with Gasteiger partial charge in [0.2, 0.25) is 0 Å². The van der Waals surface area contributed by atoms with Gasteiger partial charge in [-0.05, 0) is 47.0 Å². The number of H-pyrrole nitrogens is 1. The topological polar surface area (TPSA) is 15.8 Å². The zero-order valence-corrected chi connectivity index (χ0v) is 12.5. The van der Waals surface area contributed by atoms with E-state index in [9.17, 15) is 0 Å². The molecule has 1 aromatic heterocycles. The van der Waals surface area contributed by atoms with Gasteiger partial charge in [-0.25, -0.2) is 0 Å². The van der Waals surface area contributed by atoms with Crippen LogP contribution in [0, 0.1) is 6.92 Å². The first kappa shape index (κ1) is 12.9. The van der Waals surface area contributed by atoms with Gasteiger partial charge in [0, 0.05) is 11.4 Å². The second kappa shape index (κ2) is 5.19. The molecule has 0 aliphatic heterocycles. The summed E-state index contributed by atoms with van der Waals surface area (Å²) in [4.78, 5) is 3.53. The third-order valence-corrected chi connectivity index (χ3v) is 4.11. The number of rotatable bonds is 2. The zero-order valence-electron chi connectivity index (χ0n) is 12.5. The number of nitrogens with one attached hydrogen (secondary N) is 1. The molecule has 1 nitrogen and oxygen atoms in total. The lowest BCUT2D eigenvalue weighted by Crippen LogP contribution is -1.81. The quantitative estimate of drug-likeness (QED) is 0.478. The largest absolute Gasteiger partial charge is 0.355 e. The Hall–Kier alpha value is -2.80. The Morgan fingerprint density at radius 1 is 0.591 bits per heavy atom. The maximum atomic E-state index is 3.53. The molecule has 4 rings (SSSR count). The number of aryl methyl sites for hydroxylation is 1. The van der Waals surface area contributed by atoms with Crippen LogP contribution in [0.1, 0.15) is 5.56 Å². The van der Waals surface area contributed by atoms with Crippen molar-refractivity contribution in [3.05, 3.63) is 84.4 Å². The average Bonchev–Trinajstić information content (AvgIpc) is 3.05. The Morgan fingerprint density at radius 2 is 1.23 bits per heavy atom. The Morgan fingerprint density at radius 3 is 2.00 bits per heavy atom. The lowest BCUT2D eigenvalue weighted by molar-refractivity contribution is 1.38. The fourth-order valence-electron chi connectivity index (χ4n) is 2.82. The Kier molecular flexibility index (Phi) is 3.05. The lowest BCUT2D eigenvalue weighted by atomic mass is 10.1. The molecule has 1 heteroatoms. The molecule has 0 aliphatic rings. The van der Waals surface area contributed by atoms with Crippen molar-refractivity contribution in [3.63, 3.8) is 0 Å². The molecule has 3 aromatic carbocycles. The molecule has 0 aliphatic carbocycles. The second-order valence-electron chi connectivity index (χ2n) is 5.71. The van der Waals surface area contributed by atoms with E-state index in [-0.39, 0.29) is 0 Å². The molecule has 1 heterocycles. The molecule has 0 spiro atoms. The molecule has 0 saturated carbocycles. The monoisotopic (exact) mass is 283 g/mol. The molecule has 1 N–H and O–H groups in total. The van der Waals surface area contributed by atoms with Gasteiger partial charge in [0.1, 0.15) is 0 Å². The summed E-state index contributed by atoms with van der Waals surface area (Å²) in [7, 11) is 0. The number of aromatic amines is 1. The zero-order chi connectivity index (χ0) is 14.9. The van der Waals surface area contributed by atoms with Crippen LogP contribution in [0.4, 0.5) is 0 Å². The van der Waals surface area contributed by atoms with E-state index < -0.39 is 0 Å². The van der Waals surface area contributed by atoms with E-state index in [0.717, 1.165) is 11.4 Å². The van der Waals surface area contributed by atoms with E-state index in [4.69, 9.17) is 0 Å². The fourth-order valence-corrected chi connectivity index (χ4v) is 2.82. The minimum atomic E-state index is 1.15. The van der Waals surface area contributed by atoms with E-state index in [2.05, 4.69) is 90.8 Å². The third kappa shape index (κ3) is 2.31. The van der Waals surface area contributed by atoms with Crippen LogP contribution < -0.4 is 0 Å². The summed E-state index contributed by atoms with van der Waals surface area (Å²) in [6.45, 7) is 2.11. The van der Waals surface area contributed by atoms with Gasteiger partial charge in [0.25, 0.3) is 0 Å². The molecule has 0 bridgehead atoms. The SMILES string of the molecule is Cc1ccc(-c2ccc(-c3ccc4ccccc4c3)[nH]2)cc1. The first-order valence-electron chi connectivity index (χ1n) is 7.55. The smallest absolute Gasteiger partial charge is 0.0458 e. The predicted octanol–water partition coefficient (Wildman–Crippen LogP) is 5.81. The van der Waals surface area contributed by atoms with E-state index >= 15 is 0 Å². The van der Waals surface area contributed by atoms with Crippen molar-refractivity contribution < 1.29 is 0 Å². The minimum absolute atomic E-state index is 1.15. The highest BCUT2D eigenvalue weighted by Crippen LogP contribution is 2.27. The number of fused-ring (bicyclic) bond motifs is 1. The second-order valence-corrected chi connectivity index (χ2v) is 5.71. The summed E-state index contributed by atoms with van der Waals surface area (Å²) < 4.78 is 0. The van der Waals surface area contributed by atoms with Gasteiger partial charge in [-0.3, -0.25) is 0 Å². The normalized spacial score (nSPS) is 11.0. The van der Waals surface area contributed by atoms with Crippen molar-refractivity contribution in [1.82, 2.24) is 4.98 Å². The molecule has 0 unspecified atom stereocenters. The first-order chi connectivity index (χ1) is 10.8. The molecule has 106 valence electrons. The molecular formula is C21H17N. The van der Waals surface area contributed by atoms with Crippen molar-refractivity contribution in [2.45, 2.75) is 6.92 Å². The third-order valence-electron chi connectivity index (χ3n) is 4.11. The van der Waals surface area contributed by atoms with E-state index in [0.29, 0.717) is 0 Å². The number of aromatic nitrogens is 1. The van der Waals surface area contributed by atoms with Crippen LogP contribution in [0.3, 0.4) is 0 Å². The summed E-state index contributed by atoms with van der Waals surface area (Å²) >= 11 is 0. The minimum Gasteiger partial charge on any atom is -0.355 e. The van der Waals surface area contributed by atoms with Gasteiger partial charge in [-0.1, -0.05) is 66.2 Å². The molecule has 0 amide bonds. The maximum Gasteiger partial charge on any atom is 0.0458 e. The van der Waals surface area contributed by atoms with Crippen molar-refractivity contribution in [2.24, 2.45) is 0 Å². The lowest BCUT2D eigenvalue weighted by Gasteiger charge is -2.03. The standard InChI is InChI=1S/C21H17N/c1-15-6-8-17(9-7-15)20-12-13-21(22-20)19-11-10-16-4-2-3-5-18(16)14-19/h2-14,22H,1H3. The summed E-state index contributed by atoms with van der Waals surface area (Å²) in [6.07, 6.45) is 0. The maximum absolute atomic E-state index is 3.53. The highest BCUT2D eigenvalue weighted by atomic mass is 14.7. The van der Waals surface area contributed by atoms with Crippen molar-refractivity contribution in [2.75, 3.05) is 0 Å². The molecule has 0 saturated heterocycles. The molecule has 0 radical (unpaired) electrons. The Balaban J connectivity index is 1.74. The Bertz CT molecular complexity index is 929. The molecule has 0 fully saturated rings. The highest BCUT2D eigenvalue weighted by Gasteiger charge is 2.04. The summed E-state index contributed by atoms with van der Waals surface area (Å²) in [5.74, 6) is 0. The van der Waals surface area contributed by atoms with E-state index in [1.165, 1.54) is 27.5 Å². The molecule has 22 heavy (non-hydrogen) atoms. The van der Waals surface area contributed by atoms with Crippen LogP contribution in [-0.4, -0.2) is 4.98 Å². The van der Waals surface area contributed by atoms with Gasteiger partial charge in [-0.15, -0.1) is 0 Å². The Labute approximate surface area is 130 Å². The average molecular weight is 283 g/mol. The highest BCUT2D eigenvalue weighted by molar-refractivity contribution is 5.87. The summed E-state index contributed by atoms with van der Waals surface area (Å²) in [5, 5.41) is 2.54. The van der Waals surface area contributed by atoms with Crippen LogP contribution in [0.15, 0.2) is 78.9 Å². The predicted molar refractivity (Wildman–Crippen MR) is 93.9 cm³/mol. The van der Waals surface area contributed by atoms with Gasteiger partial charge in [0.15, 0.2) is 0 Å². The molecular weight excluding hydrogens is 266 g/mol. The number of hydrogen-bond donors (Lipinski definition) is 1. The van der Waals surface area contributed by atoms with Crippen LogP contribution in [0.2, 0.25) is 0 Å². The van der Waals surface area contributed by atoms with Crippen LogP contribution in [-0.2, 0) is 0 Å². The molecule has 0 atom stereocenters. The number of benzene rings is 3. The first-order valence-corrected chi connectivity index (χ1v) is 7.55. The van der Waals surface area contributed by atoms with Crippen LogP contribution in [0.5, 0.6) is 0 Å². The van der Waals surface area contributed by atoms with Gasteiger partial charge in [-0.2, -0.15) is 0 Å². The van der Waals surface area contributed by atoms with Gasteiger partial charge in [0.05, 0.1) is 0 Å². The van der Waals surface area contributed by atoms with Crippen molar-refractivity contribution >= 4 is 10.8 Å². The van der Waals surface area contributed by atoms with Gasteiger partial charge >= 0.3 is 0 Å². The summed E-state index contributed by atoms with van der Waals surface area (Å²) in [5.41, 5.74) is 6.03.